The number of rotatable bonds is 5. The number of nitrogens with zero attached hydrogens (tertiary/aromatic N) is 1. The zero-order valence-corrected chi connectivity index (χ0v) is 19.5. The molecule has 0 aliphatic heterocycles. The smallest absolute Gasteiger partial charge is 0.345 e. The summed E-state index contributed by atoms with van der Waals surface area (Å²) in [5.41, 5.74) is 5.01. The highest BCUT2D eigenvalue weighted by molar-refractivity contribution is 5.93. The monoisotopic (exact) mass is 479 g/mol. The van der Waals surface area contributed by atoms with Gasteiger partial charge in [0.15, 0.2) is 5.56 Å². The van der Waals surface area contributed by atoms with Crippen molar-refractivity contribution in [2.24, 2.45) is 7.05 Å². The van der Waals surface area contributed by atoms with E-state index in [-0.39, 0.29) is 12.4 Å². The molecule has 0 bridgehead atoms. The fourth-order valence-electron chi connectivity index (χ4n) is 4.78. The topological polar surface area (TPSA) is 107 Å². The average Bonchev–Trinajstić information content (AvgIpc) is 2.97. The molecular weight excluding hydrogens is 454 g/mol. The van der Waals surface area contributed by atoms with Gasteiger partial charge in [-0.15, -0.1) is 12.4 Å². The highest BCUT2D eigenvalue weighted by Gasteiger charge is 2.26. The quantitative estimate of drug-likeness (QED) is 0.344. The lowest BCUT2D eigenvalue weighted by molar-refractivity contribution is 0.0691. The molecule has 1 aliphatic rings. The Hall–Kier alpha value is -3.55. The first-order valence-corrected chi connectivity index (χ1v) is 11.0. The van der Waals surface area contributed by atoms with Gasteiger partial charge >= 0.3 is 5.97 Å². The normalized spacial score (nSPS) is 12.5. The number of halogens is 1. The lowest BCUT2D eigenvalue weighted by atomic mass is 9.98. The molecule has 2 heterocycles. The van der Waals surface area contributed by atoms with E-state index in [1.807, 2.05) is 31.3 Å². The van der Waals surface area contributed by atoms with Gasteiger partial charge in [0.25, 0.3) is 5.56 Å². The van der Waals surface area contributed by atoms with Crippen LogP contribution in [0.1, 0.15) is 39.2 Å². The number of aryl methyl sites for hydroxylation is 2. The first-order valence-electron chi connectivity index (χ1n) is 11.0. The van der Waals surface area contributed by atoms with Crippen LogP contribution in [0.3, 0.4) is 0 Å². The predicted molar refractivity (Wildman–Crippen MR) is 134 cm³/mol. The highest BCUT2D eigenvalue weighted by Crippen LogP contribution is 2.38. The number of fused-ring (bicyclic) bond motifs is 4. The van der Waals surface area contributed by atoms with Crippen LogP contribution in [0.2, 0.25) is 0 Å². The fourth-order valence-corrected chi connectivity index (χ4v) is 4.78. The van der Waals surface area contributed by atoms with Crippen molar-refractivity contribution in [3.63, 3.8) is 0 Å². The molecule has 0 radical (unpaired) electrons. The van der Waals surface area contributed by atoms with Crippen LogP contribution >= 0.6 is 12.4 Å². The zero-order chi connectivity index (χ0) is 23.1. The molecule has 0 fully saturated rings. The number of hydrogen-bond acceptors (Lipinski definition) is 4. The number of carboxylic acids is 1. The van der Waals surface area contributed by atoms with E-state index >= 15 is 0 Å². The third-order valence-corrected chi connectivity index (χ3v) is 6.49. The van der Waals surface area contributed by atoms with Crippen molar-refractivity contribution in [2.75, 3.05) is 0 Å². The number of hydrogen-bond donors (Lipinski definition) is 4. The molecule has 0 atom stereocenters. The number of aromatic amines is 1. The summed E-state index contributed by atoms with van der Waals surface area (Å²) in [7, 11) is 2.05. The van der Waals surface area contributed by atoms with E-state index in [0.717, 1.165) is 47.1 Å². The Labute approximate surface area is 202 Å². The number of carboxylic acid groups (broad SMARTS) is 1. The number of H-pyrrole nitrogens is 1. The Kier molecular flexibility index (Phi) is 6.50. The molecule has 0 amide bonds. The predicted octanol–water partition coefficient (Wildman–Crippen LogP) is 4.14. The number of aromatic nitrogens is 2. The maximum absolute atomic E-state index is 12.4. The number of pyridine rings is 1. The second-order valence-corrected chi connectivity index (χ2v) is 8.54. The van der Waals surface area contributed by atoms with Crippen LogP contribution in [-0.4, -0.2) is 25.7 Å². The number of aromatic hydroxyl groups is 1. The Morgan fingerprint density at radius 2 is 1.88 bits per heavy atom. The molecule has 5 rings (SSSR count). The molecule has 176 valence electrons. The van der Waals surface area contributed by atoms with Crippen LogP contribution in [0.5, 0.6) is 5.75 Å². The van der Waals surface area contributed by atoms with Crippen LogP contribution < -0.4 is 10.9 Å². The molecule has 8 heteroatoms. The highest BCUT2D eigenvalue weighted by atomic mass is 35.5. The van der Waals surface area contributed by atoms with Gasteiger partial charge in [-0.2, -0.15) is 0 Å². The van der Waals surface area contributed by atoms with Crippen molar-refractivity contribution in [1.82, 2.24) is 14.9 Å². The summed E-state index contributed by atoms with van der Waals surface area (Å²) in [6.45, 7) is 1.49. The van der Waals surface area contributed by atoms with Crippen molar-refractivity contribution in [3.05, 3.63) is 86.8 Å². The van der Waals surface area contributed by atoms with Gasteiger partial charge in [-0.1, -0.05) is 30.3 Å². The van der Waals surface area contributed by atoms with Crippen molar-refractivity contribution < 1.29 is 15.0 Å². The summed E-state index contributed by atoms with van der Waals surface area (Å²) in [5.74, 6) is -1.85. The Morgan fingerprint density at radius 3 is 2.62 bits per heavy atom. The Morgan fingerprint density at radius 1 is 1.12 bits per heavy atom. The van der Waals surface area contributed by atoms with Gasteiger partial charge in [-0.25, -0.2) is 4.79 Å². The van der Waals surface area contributed by atoms with Crippen molar-refractivity contribution in [1.29, 1.82) is 0 Å². The lowest BCUT2D eigenvalue weighted by Gasteiger charge is -2.13. The van der Waals surface area contributed by atoms with Gasteiger partial charge in [0.2, 0.25) is 0 Å². The second kappa shape index (κ2) is 9.37. The van der Waals surface area contributed by atoms with Gasteiger partial charge < -0.3 is 25.1 Å². The molecule has 0 saturated heterocycles. The molecule has 1 aliphatic carbocycles. The summed E-state index contributed by atoms with van der Waals surface area (Å²) < 4.78 is 2.17. The number of carbonyl (C=O) groups is 1. The van der Waals surface area contributed by atoms with Crippen molar-refractivity contribution in [3.8, 4) is 17.0 Å². The number of benzene rings is 2. The van der Waals surface area contributed by atoms with Gasteiger partial charge in [0.1, 0.15) is 5.75 Å². The zero-order valence-electron chi connectivity index (χ0n) is 18.7. The van der Waals surface area contributed by atoms with E-state index in [0.29, 0.717) is 24.2 Å². The van der Waals surface area contributed by atoms with E-state index in [1.54, 1.807) is 0 Å². The molecule has 0 spiro atoms. The third kappa shape index (κ3) is 4.08. The average molecular weight is 480 g/mol. The lowest BCUT2D eigenvalue weighted by Crippen LogP contribution is -2.20. The Balaban J connectivity index is 0.00000274. The van der Waals surface area contributed by atoms with Gasteiger partial charge in [-0.3, -0.25) is 4.79 Å². The van der Waals surface area contributed by atoms with E-state index in [4.69, 9.17) is 0 Å². The summed E-state index contributed by atoms with van der Waals surface area (Å²) in [6, 6.07) is 16.5. The molecule has 4 aromatic rings. The van der Waals surface area contributed by atoms with Crippen LogP contribution in [0.15, 0.2) is 53.3 Å². The van der Waals surface area contributed by atoms with Crippen molar-refractivity contribution >= 4 is 29.3 Å². The van der Waals surface area contributed by atoms with Crippen LogP contribution in [0, 0.1) is 0 Å². The fraction of sp³-hybridized carbons (Fsp3) is 0.231. The summed E-state index contributed by atoms with van der Waals surface area (Å²) in [4.78, 5) is 26.6. The maximum Gasteiger partial charge on any atom is 0.345 e. The molecule has 2 aromatic carbocycles. The van der Waals surface area contributed by atoms with Crippen LogP contribution in [0.4, 0.5) is 0 Å². The van der Waals surface area contributed by atoms with E-state index in [9.17, 15) is 19.8 Å². The van der Waals surface area contributed by atoms with E-state index < -0.39 is 22.8 Å². The van der Waals surface area contributed by atoms with Crippen molar-refractivity contribution in [2.45, 2.75) is 32.4 Å². The summed E-state index contributed by atoms with van der Waals surface area (Å²) >= 11 is 0. The summed E-state index contributed by atoms with van der Waals surface area (Å²) in [6.07, 6.45) is 2.02. The van der Waals surface area contributed by atoms with E-state index in [2.05, 4.69) is 39.1 Å². The number of aromatic carboxylic acids is 1. The third-order valence-electron chi connectivity index (χ3n) is 6.49. The van der Waals surface area contributed by atoms with Gasteiger partial charge in [-0.05, 0) is 48.6 Å². The molecule has 2 aromatic heterocycles. The minimum Gasteiger partial charge on any atom is -0.506 e. The second-order valence-electron chi connectivity index (χ2n) is 8.54. The standard InChI is InChI=1S/C26H25N3O4.ClH/c1-29-18(14-27-13-15-6-3-2-4-7-15)10-17-11-20-16(12-21(17)29)8-5-9-19-23(20)28-25(31)22(24(19)30)26(32)33;/h2-4,6-7,10-12,27H,5,8-9,13-14H2,1H3,(H,32,33)(H2,28,30,31);1H. The van der Waals surface area contributed by atoms with Gasteiger partial charge in [0, 0.05) is 47.9 Å². The molecule has 0 unspecified atom stereocenters. The number of nitrogens with one attached hydrogen (secondary N) is 2. The first kappa shape index (κ1) is 23.6. The Bertz CT molecular complexity index is 1440. The first-order chi connectivity index (χ1) is 15.9. The SMILES string of the molecule is Cl.Cn1c(CNCc2ccccc2)cc2cc3c(cc21)CCCc1c-3[nH]c(=O)c(C(=O)O)c1O. The largest absolute Gasteiger partial charge is 0.506 e. The molecule has 4 N–H and O–H groups in total. The molecule has 34 heavy (non-hydrogen) atoms. The van der Waals surface area contributed by atoms with Gasteiger partial charge in [0.05, 0.1) is 5.69 Å². The van der Waals surface area contributed by atoms with Crippen LogP contribution in [0.25, 0.3) is 22.2 Å². The molecular formula is C26H26ClN3O4. The minimum atomic E-state index is -1.42. The molecule has 7 nitrogen and oxygen atoms in total. The summed E-state index contributed by atoms with van der Waals surface area (Å²) in [5, 5.41) is 24.4. The van der Waals surface area contributed by atoms with E-state index in [1.165, 1.54) is 5.56 Å². The minimum absolute atomic E-state index is 0. The van der Waals surface area contributed by atoms with Crippen LogP contribution in [-0.2, 0) is 33.0 Å². The maximum atomic E-state index is 12.4. The molecule has 0 saturated carbocycles.